The lowest BCUT2D eigenvalue weighted by molar-refractivity contribution is 1.21. The molecule has 10 rings (SSSR count). The smallest absolute Gasteiger partial charge is 0.254 e. The van der Waals surface area contributed by atoms with Crippen molar-refractivity contribution in [2.45, 2.75) is 16.7 Å². The van der Waals surface area contributed by atoms with Crippen LogP contribution < -0.4 is 26.2 Å². The Bertz CT molecular complexity index is 2290. The average molecular weight is 647 g/mol. The topological polar surface area (TPSA) is 6.48 Å². The molecule has 3 heterocycles. The maximum Gasteiger partial charge on any atom is 0.254 e. The summed E-state index contributed by atoms with van der Waals surface area (Å²) in [7, 11) is -1.33. The third kappa shape index (κ3) is 3.98. The van der Waals surface area contributed by atoms with Crippen molar-refractivity contribution in [2.24, 2.45) is 0 Å². The number of nitrogens with zero attached hydrogens (tertiary/aromatic N) is 2. The molecule has 0 atom stereocenters. The van der Waals surface area contributed by atoms with Crippen LogP contribution in [0.5, 0.6) is 0 Å². The first-order valence-corrected chi connectivity index (χ1v) is 19.5. The molecule has 0 bridgehead atoms. The summed E-state index contributed by atoms with van der Waals surface area (Å²) in [5.74, 6) is 0. The second-order valence-corrected chi connectivity index (χ2v) is 17.3. The molecular weight excluding hydrogens is 611 g/mol. The highest BCUT2D eigenvalue weighted by Crippen LogP contribution is 2.61. The molecule has 234 valence electrons. The number of benzene rings is 7. The van der Waals surface area contributed by atoms with Crippen molar-refractivity contribution in [1.29, 1.82) is 0 Å². The summed E-state index contributed by atoms with van der Waals surface area (Å²) >= 11 is 0. The van der Waals surface area contributed by atoms with Crippen LogP contribution in [0.25, 0.3) is 22.3 Å². The van der Waals surface area contributed by atoms with Gasteiger partial charge in [0, 0.05) is 33.9 Å². The van der Waals surface area contributed by atoms with Gasteiger partial charge in [-0.2, -0.15) is 10.0 Å². The minimum Gasteiger partial charge on any atom is -0.311 e. The molecular formula is C45H35BN2S. The molecule has 0 N–H and O–H groups in total. The van der Waals surface area contributed by atoms with E-state index in [9.17, 15) is 0 Å². The van der Waals surface area contributed by atoms with Gasteiger partial charge in [0.05, 0.1) is 11.4 Å². The van der Waals surface area contributed by atoms with Gasteiger partial charge < -0.3 is 9.80 Å². The fourth-order valence-electron chi connectivity index (χ4n) is 8.74. The first kappa shape index (κ1) is 28.6. The molecule has 0 saturated carbocycles. The molecule has 0 unspecified atom stereocenters. The Balaban J connectivity index is 1.34. The van der Waals surface area contributed by atoms with Crippen molar-refractivity contribution >= 4 is 67.3 Å². The molecule has 4 heteroatoms. The lowest BCUT2D eigenvalue weighted by Crippen LogP contribution is -2.64. The fourth-order valence-corrected chi connectivity index (χ4v) is 11.4. The van der Waals surface area contributed by atoms with Gasteiger partial charge in [-0.05, 0) is 98.7 Å². The number of rotatable bonds is 4. The van der Waals surface area contributed by atoms with Gasteiger partial charge in [-0.25, -0.2) is 0 Å². The van der Waals surface area contributed by atoms with E-state index in [0.29, 0.717) is 0 Å². The molecule has 0 aliphatic carbocycles. The van der Waals surface area contributed by atoms with Crippen LogP contribution in [0.3, 0.4) is 0 Å². The highest BCUT2D eigenvalue weighted by molar-refractivity contribution is 8.33. The maximum atomic E-state index is 2.58. The Kier molecular flexibility index (Phi) is 6.13. The highest BCUT2D eigenvalue weighted by Gasteiger charge is 2.50. The number of aryl methyl sites for hydroxylation is 1. The molecule has 0 aromatic heterocycles. The van der Waals surface area contributed by atoms with Gasteiger partial charge in [0.1, 0.15) is 0 Å². The zero-order valence-electron chi connectivity index (χ0n) is 27.9. The first-order valence-electron chi connectivity index (χ1n) is 17.1. The van der Waals surface area contributed by atoms with E-state index in [1.807, 2.05) is 0 Å². The monoisotopic (exact) mass is 646 g/mol. The summed E-state index contributed by atoms with van der Waals surface area (Å²) in [6.45, 7) is 2.41. The average Bonchev–Trinajstić information content (AvgIpc) is 3.14. The highest BCUT2D eigenvalue weighted by atomic mass is 32.3. The molecule has 7 aromatic carbocycles. The molecule has 0 amide bonds. The van der Waals surface area contributed by atoms with E-state index < -0.39 is 10.0 Å². The van der Waals surface area contributed by atoms with E-state index in [4.69, 9.17) is 0 Å². The lowest BCUT2D eigenvalue weighted by Gasteiger charge is -2.52. The number of anilines is 6. The van der Waals surface area contributed by atoms with Gasteiger partial charge >= 0.3 is 0 Å². The zero-order chi connectivity index (χ0) is 32.9. The Labute approximate surface area is 290 Å². The van der Waals surface area contributed by atoms with E-state index >= 15 is 0 Å². The lowest BCUT2D eigenvalue weighted by atomic mass is 9.33. The molecule has 0 radical (unpaired) electrons. The van der Waals surface area contributed by atoms with Gasteiger partial charge in [-0.1, -0.05) is 121 Å². The summed E-state index contributed by atoms with van der Waals surface area (Å²) in [6.07, 6.45) is 5.00. The minimum absolute atomic E-state index is 0.156. The van der Waals surface area contributed by atoms with E-state index in [1.165, 1.54) is 88.1 Å². The van der Waals surface area contributed by atoms with E-state index in [0.717, 1.165) is 0 Å². The molecule has 3 aliphatic rings. The van der Waals surface area contributed by atoms with Crippen LogP contribution in [0.2, 0.25) is 0 Å². The van der Waals surface area contributed by atoms with Crippen molar-refractivity contribution in [1.82, 2.24) is 0 Å². The van der Waals surface area contributed by atoms with Gasteiger partial charge in [0.25, 0.3) is 6.71 Å². The van der Waals surface area contributed by atoms with Gasteiger partial charge in [-0.15, -0.1) is 0 Å². The minimum atomic E-state index is -1.33. The standard InChI is InChI=1S/C45H35BN2S/c1-30-28-39-43-40(29-30)48(36-23-13-11-21-34(36)32-18-8-5-9-19-32)38-25-15-27-42-45(38)46(43)44-37(24-14-26-41(44)49(42,2)3)47(39)35-22-12-10-20-33(35)31-16-6-4-7-17-31/h4-29H,1-3H3. The summed E-state index contributed by atoms with van der Waals surface area (Å²) < 4.78 is 0. The number of hydrogen-bond donors (Lipinski definition) is 0. The van der Waals surface area contributed by atoms with Gasteiger partial charge in [0.2, 0.25) is 0 Å². The van der Waals surface area contributed by atoms with E-state index in [1.54, 1.807) is 0 Å². The Morgan fingerprint density at radius 2 is 0.816 bits per heavy atom. The second kappa shape index (κ2) is 10.5. The summed E-state index contributed by atoms with van der Waals surface area (Å²) in [4.78, 5) is 8.16. The van der Waals surface area contributed by atoms with Crippen molar-refractivity contribution in [3.05, 3.63) is 163 Å². The molecule has 2 nitrogen and oxygen atoms in total. The van der Waals surface area contributed by atoms with Gasteiger partial charge in [-0.3, -0.25) is 0 Å². The summed E-state index contributed by atoms with van der Waals surface area (Å²) in [5, 5.41) is 0. The zero-order valence-corrected chi connectivity index (χ0v) is 28.7. The third-order valence-corrected chi connectivity index (χ3v) is 13.7. The van der Waals surface area contributed by atoms with Crippen LogP contribution in [-0.4, -0.2) is 19.2 Å². The third-order valence-electron chi connectivity index (χ3n) is 10.8. The predicted octanol–water partition coefficient (Wildman–Crippen LogP) is 10.2. The van der Waals surface area contributed by atoms with Crippen molar-refractivity contribution in [3.63, 3.8) is 0 Å². The fraction of sp³-hybridized carbons (Fsp3) is 0.0667. The first-order chi connectivity index (χ1) is 24.0. The van der Waals surface area contributed by atoms with Crippen LogP contribution in [0.1, 0.15) is 5.56 Å². The van der Waals surface area contributed by atoms with E-state index in [-0.39, 0.29) is 6.71 Å². The Hall–Kier alpha value is -5.45. The summed E-state index contributed by atoms with van der Waals surface area (Å²) in [5.41, 5.74) is 18.1. The second-order valence-electron chi connectivity index (χ2n) is 13.8. The van der Waals surface area contributed by atoms with E-state index in [2.05, 4.69) is 187 Å². The molecule has 0 saturated heterocycles. The van der Waals surface area contributed by atoms with Gasteiger partial charge in [0.15, 0.2) is 0 Å². The van der Waals surface area contributed by atoms with Crippen molar-refractivity contribution < 1.29 is 0 Å². The van der Waals surface area contributed by atoms with Crippen molar-refractivity contribution in [3.8, 4) is 22.3 Å². The Morgan fingerprint density at radius 1 is 0.408 bits per heavy atom. The summed E-state index contributed by atoms with van der Waals surface area (Å²) in [6, 6.07) is 58.6. The number of para-hydroxylation sites is 2. The van der Waals surface area contributed by atoms with Crippen LogP contribution in [0.4, 0.5) is 34.1 Å². The number of hydrogen-bond acceptors (Lipinski definition) is 2. The van der Waals surface area contributed by atoms with Crippen LogP contribution in [0, 0.1) is 6.92 Å². The molecule has 0 spiro atoms. The molecule has 7 aromatic rings. The maximum absolute atomic E-state index is 2.58. The largest absolute Gasteiger partial charge is 0.311 e. The SMILES string of the molecule is Cc1cc2c3c(c1)N(c1ccccc1-c1ccccc1)c1cccc4c1B3c1c(cccc1S4(C)C)N2c1ccccc1-c1ccccc1. The van der Waals surface area contributed by atoms with Crippen LogP contribution >= 0.6 is 10.0 Å². The molecule has 3 aliphatic heterocycles. The molecule has 0 fully saturated rings. The van der Waals surface area contributed by atoms with Crippen LogP contribution in [0.15, 0.2) is 168 Å². The van der Waals surface area contributed by atoms with Crippen LogP contribution in [-0.2, 0) is 0 Å². The Morgan fingerprint density at radius 3 is 1.29 bits per heavy atom. The molecule has 49 heavy (non-hydrogen) atoms. The predicted molar refractivity (Wildman–Crippen MR) is 212 cm³/mol. The normalized spacial score (nSPS) is 15.1. The van der Waals surface area contributed by atoms with Crippen molar-refractivity contribution in [2.75, 3.05) is 22.3 Å². The quantitative estimate of drug-likeness (QED) is 0.176.